The molecular weight excluding hydrogens is 261 g/mol. The zero-order chi connectivity index (χ0) is 12.9. The van der Waals surface area contributed by atoms with Gasteiger partial charge in [-0.05, 0) is 17.1 Å². The molecule has 0 heterocycles. The molecule has 0 fully saturated rings. The van der Waals surface area contributed by atoms with E-state index in [1.54, 1.807) is 0 Å². The van der Waals surface area contributed by atoms with Crippen molar-refractivity contribution in [1.29, 1.82) is 0 Å². The molecule has 1 aromatic rings. The number of rotatable bonds is 5. The Balaban J connectivity index is 2.62. The van der Waals surface area contributed by atoms with Crippen LogP contribution in [0.4, 0.5) is 13.2 Å². The number of alkyl halides is 3. The Morgan fingerprint density at radius 3 is 2.35 bits per heavy atom. The van der Waals surface area contributed by atoms with E-state index in [1.165, 1.54) is 0 Å². The first-order valence-electron chi connectivity index (χ1n) is 5.58. The Bertz CT molecular complexity index is 329. The van der Waals surface area contributed by atoms with Crippen molar-refractivity contribution in [2.75, 3.05) is 0 Å². The van der Waals surface area contributed by atoms with Crippen LogP contribution in [0.3, 0.4) is 0 Å². The summed E-state index contributed by atoms with van der Waals surface area (Å²) in [6.07, 6.45) is -4.79. The highest BCUT2D eigenvalue weighted by molar-refractivity contribution is 6.57. The molecule has 0 aliphatic heterocycles. The summed E-state index contributed by atoms with van der Waals surface area (Å²) < 4.78 is 42.0. The summed E-state index contributed by atoms with van der Waals surface area (Å²) in [7, 11) is -1.28. The standard InChI is InChI=1S/C11H17F3OSi2/c1-9(10-5-3-2-4-6-10)17(15-16)8-7-11(12,13)14/h2-6,9,17H,7-8H2,1,16H3. The first kappa shape index (κ1) is 14.5. The molecule has 96 valence electrons. The number of halogens is 3. The minimum Gasteiger partial charge on any atom is -0.465 e. The largest absolute Gasteiger partial charge is 0.465 e. The number of hydrogen-bond acceptors (Lipinski definition) is 1. The van der Waals surface area contributed by atoms with Gasteiger partial charge in [-0.2, -0.15) is 13.2 Å². The van der Waals surface area contributed by atoms with Crippen LogP contribution in [0.2, 0.25) is 6.04 Å². The van der Waals surface area contributed by atoms with Crippen molar-refractivity contribution in [2.24, 2.45) is 0 Å². The zero-order valence-corrected chi connectivity index (χ0v) is 13.2. The highest BCUT2D eigenvalue weighted by atomic mass is 28.3. The molecule has 0 aromatic heterocycles. The Morgan fingerprint density at radius 2 is 1.88 bits per heavy atom. The number of hydrogen-bond donors (Lipinski definition) is 0. The van der Waals surface area contributed by atoms with Gasteiger partial charge in [-0.25, -0.2) is 0 Å². The first-order chi connectivity index (χ1) is 7.94. The second-order valence-corrected chi connectivity index (χ2v) is 8.67. The topological polar surface area (TPSA) is 9.23 Å². The maximum Gasteiger partial charge on any atom is 0.388 e. The van der Waals surface area contributed by atoms with Gasteiger partial charge in [-0.1, -0.05) is 37.3 Å². The van der Waals surface area contributed by atoms with Gasteiger partial charge < -0.3 is 4.12 Å². The quantitative estimate of drug-likeness (QED) is 0.751. The molecule has 6 heteroatoms. The van der Waals surface area contributed by atoms with Gasteiger partial charge in [0.2, 0.25) is 0 Å². The van der Waals surface area contributed by atoms with Gasteiger partial charge >= 0.3 is 6.18 Å². The highest BCUT2D eigenvalue weighted by Crippen LogP contribution is 2.27. The van der Waals surface area contributed by atoms with Crippen molar-refractivity contribution in [1.82, 2.24) is 0 Å². The van der Waals surface area contributed by atoms with Crippen LogP contribution < -0.4 is 0 Å². The van der Waals surface area contributed by atoms with Crippen LogP contribution >= 0.6 is 0 Å². The first-order valence-corrected chi connectivity index (χ1v) is 8.35. The van der Waals surface area contributed by atoms with E-state index in [2.05, 4.69) is 0 Å². The summed E-state index contributed by atoms with van der Waals surface area (Å²) in [5, 5.41) is 0. The summed E-state index contributed by atoms with van der Waals surface area (Å²) in [6, 6.07) is 9.81. The van der Waals surface area contributed by atoms with E-state index in [4.69, 9.17) is 4.12 Å². The van der Waals surface area contributed by atoms with Crippen molar-refractivity contribution in [3.63, 3.8) is 0 Å². The Kier molecular flexibility index (Phi) is 5.42. The van der Waals surface area contributed by atoms with Crippen molar-refractivity contribution in [2.45, 2.75) is 31.1 Å². The predicted molar refractivity (Wildman–Crippen MR) is 68.5 cm³/mol. The van der Waals surface area contributed by atoms with E-state index < -0.39 is 21.6 Å². The van der Waals surface area contributed by atoms with Crippen LogP contribution in [0.5, 0.6) is 0 Å². The van der Waals surface area contributed by atoms with Crippen molar-refractivity contribution in [3.05, 3.63) is 35.9 Å². The molecule has 2 atom stereocenters. The average Bonchev–Trinajstić information content (AvgIpc) is 2.29. The molecule has 0 saturated carbocycles. The molecule has 1 rings (SSSR count). The second kappa shape index (κ2) is 6.37. The lowest BCUT2D eigenvalue weighted by atomic mass is 10.2. The van der Waals surface area contributed by atoms with Crippen molar-refractivity contribution in [3.8, 4) is 0 Å². The summed E-state index contributed by atoms with van der Waals surface area (Å²) in [5.41, 5.74) is 1.22. The van der Waals surface area contributed by atoms with E-state index in [9.17, 15) is 13.2 Å². The van der Waals surface area contributed by atoms with Crippen LogP contribution in [0, 0.1) is 0 Å². The summed E-state index contributed by atoms with van der Waals surface area (Å²) in [4.78, 5) is 0. The Hall–Kier alpha value is -0.596. The molecule has 0 amide bonds. The maximum atomic E-state index is 12.2. The molecule has 0 aliphatic carbocycles. The van der Waals surface area contributed by atoms with E-state index >= 15 is 0 Å². The molecule has 0 saturated heterocycles. The van der Waals surface area contributed by atoms with Crippen LogP contribution in [0.25, 0.3) is 0 Å². The lowest BCUT2D eigenvalue weighted by Gasteiger charge is -2.22. The molecule has 0 bridgehead atoms. The lowest BCUT2D eigenvalue weighted by molar-refractivity contribution is -0.130. The van der Waals surface area contributed by atoms with Crippen LogP contribution in [-0.2, 0) is 4.12 Å². The zero-order valence-electron chi connectivity index (χ0n) is 10.00. The molecular formula is C11H17F3OSi2. The minimum absolute atomic E-state index is 0.135. The fraction of sp³-hybridized carbons (Fsp3) is 0.455. The minimum atomic E-state index is -4.07. The van der Waals surface area contributed by atoms with Crippen LogP contribution in [0.15, 0.2) is 30.3 Å². The van der Waals surface area contributed by atoms with Gasteiger partial charge in [0.15, 0.2) is 9.04 Å². The second-order valence-electron chi connectivity index (χ2n) is 4.13. The monoisotopic (exact) mass is 278 g/mol. The van der Waals surface area contributed by atoms with Gasteiger partial charge in [-0.3, -0.25) is 0 Å². The van der Waals surface area contributed by atoms with Gasteiger partial charge in [0.05, 0.1) is 0 Å². The van der Waals surface area contributed by atoms with E-state index in [-0.39, 0.29) is 11.6 Å². The summed E-state index contributed by atoms with van der Waals surface area (Å²) >= 11 is 0. The molecule has 1 aromatic carbocycles. The summed E-state index contributed by atoms with van der Waals surface area (Å²) in [5.74, 6) is 0. The molecule has 1 nitrogen and oxygen atoms in total. The third kappa shape index (κ3) is 5.05. The molecule has 17 heavy (non-hydrogen) atoms. The van der Waals surface area contributed by atoms with E-state index in [0.29, 0.717) is 10.5 Å². The van der Waals surface area contributed by atoms with E-state index in [1.807, 2.05) is 37.3 Å². The molecule has 0 spiro atoms. The molecule has 0 aliphatic rings. The Labute approximate surface area is 104 Å². The van der Waals surface area contributed by atoms with Crippen LogP contribution in [0.1, 0.15) is 24.4 Å². The van der Waals surface area contributed by atoms with Crippen molar-refractivity contribution >= 4 is 19.5 Å². The third-order valence-electron chi connectivity index (χ3n) is 2.90. The number of benzene rings is 1. The fourth-order valence-corrected chi connectivity index (χ4v) is 6.19. The molecule has 0 radical (unpaired) electrons. The van der Waals surface area contributed by atoms with Crippen molar-refractivity contribution < 1.29 is 17.3 Å². The lowest BCUT2D eigenvalue weighted by Crippen LogP contribution is -2.27. The van der Waals surface area contributed by atoms with E-state index in [0.717, 1.165) is 5.56 Å². The highest BCUT2D eigenvalue weighted by Gasteiger charge is 2.31. The fourth-order valence-electron chi connectivity index (χ4n) is 1.85. The third-order valence-corrected chi connectivity index (χ3v) is 7.68. The van der Waals surface area contributed by atoms with Crippen LogP contribution in [-0.4, -0.2) is 25.7 Å². The smallest absolute Gasteiger partial charge is 0.388 e. The van der Waals surface area contributed by atoms with Gasteiger partial charge in [0.25, 0.3) is 0 Å². The molecule has 2 unspecified atom stereocenters. The normalized spacial score (nSPS) is 15.8. The van der Waals surface area contributed by atoms with Gasteiger partial charge in [0.1, 0.15) is 10.5 Å². The Morgan fingerprint density at radius 1 is 1.29 bits per heavy atom. The SMILES string of the molecule is CC(c1ccccc1)[SiH](CCC(F)(F)F)O[SiH3]. The van der Waals surface area contributed by atoms with Gasteiger partial charge in [0, 0.05) is 6.42 Å². The molecule has 0 N–H and O–H groups in total. The van der Waals surface area contributed by atoms with Gasteiger partial charge in [-0.15, -0.1) is 0 Å². The summed E-state index contributed by atoms with van der Waals surface area (Å²) in [6.45, 7) is 1.97. The average molecular weight is 278 g/mol. The predicted octanol–water partition coefficient (Wildman–Crippen LogP) is 2.30. The maximum absolute atomic E-state index is 12.2.